The molecular formula is C30H32N2O5. The molecule has 1 fully saturated rings. The van der Waals surface area contributed by atoms with Crippen molar-refractivity contribution in [2.45, 2.75) is 26.0 Å². The Morgan fingerprint density at radius 3 is 2.24 bits per heavy atom. The van der Waals surface area contributed by atoms with Crippen molar-refractivity contribution >= 4 is 17.4 Å². The van der Waals surface area contributed by atoms with Crippen molar-refractivity contribution in [1.29, 1.82) is 0 Å². The standard InChI is InChI=1S/C30H32N2O5/c1-20(2)36-24-15-13-21(14-16-24)28(33)26-27(32(18-17-31(3)4)30(35)29(26)34)22-9-8-12-25(19-22)37-23-10-6-5-7-11-23/h5-16,19-20,27,33H,17-18H2,1-4H3/t27-/m1/s1. The molecule has 1 amide bonds. The largest absolute Gasteiger partial charge is 0.507 e. The Kier molecular flexibility index (Phi) is 7.94. The number of aliphatic hydroxyl groups excluding tert-OH is 1. The molecular weight excluding hydrogens is 468 g/mol. The van der Waals surface area contributed by atoms with E-state index >= 15 is 0 Å². The number of aliphatic hydroxyl groups is 1. The lowest BCUT2D eigenvalue weighted by atomic mass is 9.95. The van der Waals surface area contributed by atoms with Gasteiger partial charge in [0.05, 0.1) is 17.7 Å². The highest BCUT2D eigenvalue weighted by atomic mass is 16.5. The molecule has 4 rings (SSSR count). The fraction of sp³-hybridized carbons (Fsp3) is 0.267. The normalized spacial score (nSPS) is 17.0. The number of hydrogen-bond acceptors (Lipinski definition) is 6. The number of Topliss-reactive ketones (excluding diaryl/α,β-unsaturated/α-hetero) is 1. The number of ether oxygens (including phenoxy) is 2. The lowest BCUT2D eigenvalue weighted by Gasteiger charge is -2.27. The molecule has 1 N–H and O–H groups in total. The highest BCUT2D eigenvalue weighted by Crippen LogP contribution is 2.40. The van der Waals surface area contributed by atoms with Gasteiger partial charge in [0.15, 0.2) is 0 Å². The van der Waals surface area contributed by atoms with Gasteiger partial charge in [-0.3, -0.25) is 9.59 Å². The summed E-state index contributed by atoms with van der Waals surface area (Å²) in [6.07, 6.45) is 0.00634. The first kappa shape index (κ1) is 26.0. The van der Waals surface area contributed by atoms with Crippen molar-refractivity contribution in [3.05, 3.63) is 95.6 Å². The minimum Gasteiger partial charge on any atom is -0.507 e. The summed E-state index contributed by atoms with van der Waals surface area (Å²) in [5.41, 5.74) is 1.16. The monoisotopic (exact) mass is 500 g/mol. The van der Waals surface area contributed by atoms with Gasteiger partial charge in [0.25, 0.3) is 11.7 Å². The van der Waals surface area contributed by atoms with Crippen LogP contribution in [0.4, 0.5) is 0 Å². The van der Waals surface area contributed by atoms with Gasteiger partial charge in [0.1, 0.15) is 23.0 Å². The zero-order valence-electron chi connectivity index (χ0n) is 21.5. The molecule has 1 atom stereocenters. The van der Waals surface area contributed by atoms with Gasteiger partial charge in [0.2, 0.25) is 0 Å². The van der Waals surface area contributed by atoms with E-state index in [9.17, 15) is 14.7 Å². The lowest BCUT2D eigenvalue weighted by molar-refractivity contribution is -0.140. The number of likely N-dealkylation sites (tertiary alicyclic amines) is 1. The van der Waals surface area contributed by atoms with Crippen molar-refractivity contribution in [3.63, 3.8) is 0 Å². The van der Waals surface area contributed by atoms with Crippen LogP contribution in [0.5, 0.6) is 17.2 Å². The molecule has 0 bridgehead atoms. The first-order valence-corrected chi connectivity index (χ1v) is 12.3. The molecule has 3 aromatic rings. The molecule has 37 heavy (non-hydrogen) atoms. The Morgan fingerprint density at radius 2 is 1.59 bits per heavy atom. The summed E-state index contributed by atoms with van der Waals surface area (Å²) < 4.78 is 11.7. The molecule has 0 radical (unpaired) electrons. The van der Waals surface area contributed by atoms with E-state index in [0.29, 0.717) is 41.5 Å². The molecule has 0 aliphatic carbocycles. The maximum Gasteiger partial charge on any atom is 0.295 e. The Hall–Kier alpha value is -4.10. The van der Waals surface area contributed by atoms with E-state index in [0.717, 1.165) is 0 Å². The van der Waals surface area contributed by atoms with Crippen LogP contribution in [-0.2, 0) is 9.59 Å². The van der Waals surface area contributed by atoms with E-state index in [1.165, 1.54) is 4.90 Å². The van der Waals surface area contributed by atoms with Gasteiger partial charge in [-0.15, -0.1) is 0 Å². The zero-order chi connectivity index (χ0) is 26.5. The highest BCUT2D eigenvalue weighted by Gasteiger charge is 2.46. The van der Waals surface area contributed by atoms with Crippen molar-refractivity contribution in [3.8, 4) is 17.2 Å². The van der Waals surface area contributed by atoms with Crippen LogP contribution in [0.3, 0.4) is 0 Å². The predicted octanol–water partition coefficient (Wildman–Crippen LogP) is 5.25. The van der Waals surface area contributed by atoms with Gasteiger partial charge in [-0.1, -0.05) is 30.3 Å². The third-order valence-corrected chi connectivity index (χ3v) is 5.98. The van der Waals surface area contributed by atoms with Crippen LogP contribution in [-0.4, -0.2) is 59.9 Å². The van der Waals surface area contributed by atoms with E-state index in [2.05, 4.69) is 0 Å². The molecule has 192 valence electrons. The first-order chi connectivity index (χ1) is 17.7. The number of carbonyl (C=O) groups is 2. The van der Waals surface area contributed by atoms with E-state index < -0.39 is 17.7 Å². The molecule has 3 aromatic carbocycles. The number of hydrogen-bond donors (Lipinski definition) is 1. The zero-order valence-corrected chi connectivity index (χ0v) is 21.5. The smallest absolute Gasteiger partial charge is 0.295 e. The number of carbonyl (C=O) groups excluding carboxylic acids is 2. The molecule has 0 spiro atoms. The average Bonchev–Trinajstić information content (AvgIpc) is 3.13. The Balaban J connectivity index is 1.76. The van der Waals surface area contributed by atoms with Crippen LogP contribution >= 0.6 is 0 Å². The third-order valence-electron chi connectivity index (χ3n) is 5.98. The molecule has 0 unspecified atom stereocenters. The van der Waals surface area contributed by atoms with Gasteiger partial charge in [-0.25, -0.2) is 0 Å². The summed E-state index contributed by atoms with van der Waals surface area (Å²) in [6.45, 7) is 4.74. The van der Waals surface area contributed by atoms with E-state index in [1.54, 1.807) is 30.3 Å². The number of amides is 1. The summed E-state index contributed by atoms with van der Waals surface area (Å²) in [6, 6.07) is 22.7. The van der Waals surface area contributed by atoms with E-state index in [1.807, 2.05) is 81.4 Å². The van der Waals surface area contributed by atoms with Crippen molar-refractivity contribution in [1.82, 2.24) is 9.80 Å². The topological polar surface area (TPSA) is 79.3 Å². The quantitative estimate of drug-likeness (QED) is 0.246. The maximum absolute atomic E-state index is 13.3. The van der Waals surface area contributed by atoms with Gasteiger partial charge in [0, 0.05) is 18.7 Å². The third kappa shape index (κ3) is 6.01. The Morgan fingerprint density at radius 1 is 0.919 bits per heavy atom. The van der Waals surface area contributed by atoms with Crippen molar-refractivity contribution in [2.75, 3.05) is 27.2 Å². The Bertz CT molecular complexity index is 1280. The van der Waals surface area contributed by atoms with Crippen LogP contribution in [0.15, 0.2) is 84.4 Å². The first-order valence-electron chi connectivity index (χ1n) is 12.3. The SMILES string of the molecule is CC(C)Oc1ccc(C(O)=C2C(=O)C(=O)N(CCN(C)C)[C@@H]2c2cccc(Oc3ccccc3)c2)cc1. The molecule has 1 heterocycles. The second kappa shape index (κ2) is 11.3. The fourth-order valence-corrected chi connectivity index (χ4v) is 4.26. The lowest BCUT2D eigenvalue weighted by Crippen LogP contribution is -2.35. The maximum atomic E-state index is 13.3. The second-order valence-electron chi connectivity index (χ2n) is 9.47. The molecule has 0 aromatic heterocycles. The van der Waals surface area contributed by atoms with Crippen molar-refractivity contribution in [2.24, 2.45) is 0 Å². The Labute approximate surface area is 217 Å². The van der Waals surface area contributed by atoms with Crippen LogP contribution in [0, 0.1) is 0 Å². The minimum atomic E-state index is -0.758. The van der Waals surface area contributed by atoms with Crippen LogP contribution in [0.1, 0.15) is 31.0 Å². The van der Waals surface area contributed by atoms with Crippen LogP contribution in [0.25, 0.3) is 5.76 Å². The molecule has 7 heteroatoms. The van der Waals surface area contributed by atoms with Gasteiger partial charge in [-0.2, -0.15) is 0 Å². The predicted molar refractivity (Wildman–Crippen MR) is 143 cm³/mol. The van der Waals surface area contributed by atoms with Crippen LogP contribution in [0.2, 0.25) is 0 Å². The number of benzene rings is 3. The molecule has 1 aliphatic rings. The molecule has 7 nitrogen and oxygen atoms in total. The number of rotatable bonds is 9. The number of nitrogens with zero attached hydrogens (tertiary/aromatic N) is 2. The summed E-state index contributed by atoms with van der Waals surface area (Å²) in [5, 5.41) is 11.3. The summed E-state index contributed by atoms with van der Waals surface area (Å²) in [4.78, 5) is 29.9. The fourth-order valence-electron chi connectivity index (χ4n) is 4.26. The van der Waals surface area contributed by atoms with E-state index in [-0.39, 0.29) is 17.4 Å². The molecule has 1 aliphatic heterocycles. The molecule has 0 saturated carbocycles. The number of likely N-dealkylation sites (N-methyl/N-ethyl adjacent to an activating group) is 1. The van der Waals surface area contributed by atoms with Gasteiger partial charge in [-0.05, 0) is 82.0 Å². The highest BCUT2D eigenvalue weighted by molar-refractivity contribution is 6.46. The summed E-state index contributed by atoms with van der Waals surface area (Å²) >= 11 is 0. The van der Waals surface area contributed by atoms with Crippen LogP contribution < -0.4 is 9.47 Å². The summed E-state index contributed by atoms with van der Waals surface area (Å²) in [5.74, 6) is 0.323. The number of ketones is 1. The second-order valence-corrected chi connectivity index (χ2v) is 9.47. The van der Waals surface area contributed by atoms with Crippen molar-refractivity contribution < 1.29 is 24.2 Å². The van der Waals surface area contributed by atoms with Gasteiger partial charge >= 0.3 is 0 Å². The average molecular weight is 501 g/mol. The van der Waals surface area contributed by atoms with Gasteiger partial charge < -0.3 is 24.4 Å². The minimum absolute atomic E-state index is 0.00634. The molecule has 1 saturated heterocycles. The number of para-hydroxylation sites is 1. The van der Waals surface area contributed by atoms with E-state index in [4.69, 9.17) is 9.47 Å². The summed E-state index contributed by atoms with van der Waals surface area (Å²) in [7, 11) is 3.81.